The summed E-state index contributed by atoms with van der Waals surface area (Å²) in [7, 11) is 0. The topological polar surface area (TPSA) is 102 Å². The Kier molecular flexibility index (Phi) is 7.48. The van der Waals surface area contributed by atoms with Crippen molar-refractivity contribution in [1.82, 2.24) is 14.9 Å². The predicted octanol–water partition coefficient (Wildman–Crippen LogP) is 3.65. The highest BCUT2D eigenvalue weighted by atomic mass is 32.2. The molecule has 2 fully saturated rings. The van der Waals surface area contributed by atoms with Gasteiger partial charge in [-0.2, -0.15) is 4.98 Å². The molecule has 36 heavy (non-hydrogen) atoms. The second-order valence-electron chi connectivity index (χ2n) is 9.21. The third kappa shape index (κ3) is 6.22. The maximum Gasteiger partial charge on any atom is 0.248 e. The molecule has 1 aliphatic carbocycles. The number of nitrogens with zero attached hydrogens (tertiary/aromatic N) is 4. The molecule has 9 heteroatoms. The fourth-order valence-electron chi connectivity index (χ4n) is 4.19. The summed E-state index contributed by atoms with van der Waals surface area (Å²) in [6.45, 7) is 5.27. The van der Waals surface area contributed by atoms with Crippen LogP contribution >= 0.6 is 11.8 Å². The van der Waals surface area contributed by atoms with Crippen molar-refractivity contribution in [2.45, 2.75) is 29.2 Å². The van der Waals surface area contributed by atoms with Crippen molar-refractivity contribution in [3.63, 3.8) is 0 Å². The number of ether oxygens (including phenoxy) is 1. The number of aldehydes is 1. The molecule has 0 bridgehead atoms. The van der Waals surface area contributed by atoms with E-state index in [0.717, 1.165) is 53.7 Å². The Hall–Kier alpha value is -3.43. The van der Waals surface area contributed by atoms with E-state index < -0.39 is 5.91 Å². The smallest absolute Gasteiger partial charge is 0.248 e. The van der Waals surface area contributed by atoms with Gasteiger partial charge >= 0.3 is 0 Å². The van der Waals surface area contributed by atoms with E-state index in [1.807, 2.05) is 30.3 Å². The molecule has 1 saturated carbocycles. The van der Waals surface area contributed by atoms with Crippen molar-refractivity contribution in [2.24, 2.45) is 11.7 Å². The normalized spacial score (nSPS) is 16.1. The quantitative estimate of drug-likeness (QED) is 0.419. The number of benzene rings is 2. The molecule has 0 spiro atoms. The lowest BCUT2D eigenvalue weighted by molar-refractivity contribution is 0.0999. The second-order valence-corrected chi connectivity index (χ2v) is 10.3. The summed E-state index contributed by atoms with van der Waals surface area (Å²) < 4.78 is 6.17. The van der Waals surface area contributed by atoms with E-state index in [-0.39, 0.29) is 6.61 Å². The highest BCUT2D eigenvalue weighted by molar-refractivity contribution is 7.99. The number of primary amides is 1. The van der Waals surface area contributed by atoms with Gasteiger partial charge in [0.05, 0.1) is 11.1 Å². The Morgan fingerprint density at radius 2 is 1.89 bits per heavy atom. The molecule has 1 amide bonds. The van der Waals surface area contributed by atoms with E-state index in [1.165, 1.54) is 31.1 Å². The minimum absolute atomic E-state index is 0.279. The minimum Gasteiger partial charge on any atom is -0.472 e. The third-order valence-corrected chi connectivity index (χ3v) is 7.42. The van der Waals surface area contributed by atoms with Crippen LogP contribution in [0.1, 0.15) is 39.1 Å². The van der Waals surface area contributed by atoms with E-state index in [1.54, 1.807) is 24.4 Å². The summed E-state index contributed by atoms with van der Waals surface area (Å²) >= 11 is 1.46. The molecule has 5 rings (SSSR count). The summed E-state index contributed by atoms with van der Waals surface area (Å²) in [5, 5.41) is 0. The molecule has 2 heterocycles. The highest BCUT2D eigenvalue weighted by Crippen LogP contribution is 2.35. The van der Waals surface area contributed by atoms with Gasteiger partial charge in [0.15, 0.2) is 0 Å². The fourth-order valence-corrected chi connectivity index (χ4v) is 5.01. The Morgan fingerprint density at radius 3 is 2.58 bits per heavy atom. The first-order valence-electron chi connectivity index (χ1n) is 12.2. The highest BCUT2D eigenvalue weighted by Gasteiger charge is 2.27. The van der Waals surface area contributed by atoms with Gasteiger partial charge in [-0.1, -0.05) is 30.0 Å². The van der Waals surface area contributed by atoms with Crippen molar-refractivity contribution in [1.29, 1.82) is 0 Å². The molecule has 1 aromatic heterocycles. The maximum absolute atomic E-state index is 11.4. The molecule has 1 saturated heterocycles. The average molecular weight is 504 g/mol. The standard InChI is InChI=1S/C27H29N5O3S/c28-25(34)22-6-8-23(9-7-22)36-24-15-29-27(32-12-10-31(11-13-32)16-19-4-5-19)30-26(24)35-18-21-3-1-2-20(14-21)17-33/h1-3,6-9,14-15,17,19H,4-5,10-13,16,18H2,(H2,28,34). The van der Waals surface area contributed by atoms with Gasteiger partial charge in [0.1, 0.15) is 12.9 Å². The number of nitrogens with two attached hydrogens (primary N) is 1. The summed E-state index contributed by atoms with van der Waals surface area (Å²) in [6, 6.07) is 14.4. The monoisotopic (exact) mass is 503 g/mol. The molecule has 2 N–H and O–H groups in total. The van der Waals surface area contributed by atoms with E-state index in [0.29, 0.717) is 23.0 Å². The van der Waals surface area contributed by atoms with Crippen LogP contribution in [-0.2, 0) is 6.61 Å². The van der Waals surface area contributed by atoms with Gasteiger partial charge in [-0.25, -0.2) is 4.98 Å². The van der Waals surface area contributed by atoms with Crippen LogP contribution in [0.25, 0.3) is 0 Å². The van der Waals surface area contributed by atoms with Gasteiger partial charge in [0.2, 0.25) is 17.7 Å². The number of rotatable bonds is 10. The Balaban J connectivity index is 1.34. The van der Waals surface area contributed by atoms with Crippen LogP contribution in [0.3, 0.4) is 0 Å². The van der Waals surface area contributed by atoms with E-state index >= 15 is 0 Å². The maximum atomic E-state index is 11.4. The zero-order valence-electron chi connectivity index (χ0n) is 20.0. The molecule has 3 aromatic rings. The van der Waals surface area contributed by atoms with Gasteiger partial charge in [-0.15, -0.1) is 0 Å². The summed E-state index contributed by atoms with van der Waals surface area (Å²) in [4.78, 5) is 38.4. The number of piperazine rings is 1. The van der Waals surface area contributed by atoms with Crippen molar-refractivity contribution < 1.29 is 14.3 Å². The molecule has 0 atom stereocenters. The fraction of sp³-hybridized carbons (Fsp3) is 0.333. The van der Waals surface area contributed by atoms with Crippen LogP contribution in [0.5, 0.6) is 5.88 Å². The number of carbonyl (C=O) groups excluding carboxylic acids is 2. The molecule has 186 valence electrons. The Bertz CT molecular complexity index is 1220. The summed E-state index contributed by atoms with van der Waals surface area (Å²) in [5.41, 5.74) is 7.31. The summed E-state index contributed by atoms with van der Waals surface area (Å²) in [6.07, 6.45) is 5.35. The van der Waals surface area contributed by atoms with Crippen LogP contribution in [0.15, 0.2) is 64.5 Å². The van der Waals surface area contributed by atoms with Crippen LogP contribution < -0.4 is 15.4 Å². The number of anilines is 1. The zero-order chi connectivity index (χ0) is 24.9. The molecule has 0 unspecified atom stereocenters. The van der Waals surface area contributed by atoms with Crippen LogP contribution in [0.2, 0.25) is 0 Å². The molecule has 8 nitrogen and oxygen atoms in total. The first-order chi connectivity index (χ1) is 17.6. The van der Waals surface area contributed by atoms with Crippen LogP contribution in [-0.4, -0.2) is 59.8 Å². The van der Waals surface area contributed by atoms with Crippen molar-refractivity contribution >= 4 is 29.9 Å². The van der Waals surface area contributed by atoms with Gasteiger partial charge in [-0.05, 0) is 54.7 Å². The number of amides is 1. The second kappa shape index (κ2) is 11.1. The molecular formula is C27H29N5O3S. The van der Waals surface area contributed by atoms with Crippen molar-refractivity contribution in [3.8, 4) is 5.88 Å². The number of aromatic nitrogens is 2. The first-order valence-corrected chi connectivity index (χ1v) is 13.0. The SMILES string of the molecule is NC(=O)c1ccc(Sc2cnc(N3CCN(CC4CC4)CC3)nc2OCc2cccc(C=O)c2)cc1. The molecular weight excluding hydrogens is 474 g/mol. The van der Waals surface area contributed by atoms with Crippen molar-refractivity contribution in [2.75, 3.05) is 37.6 Å². The largest absolute Gasteiger partial charge is 0.472 e. The van der Waals surface area contributed by atoms with Crippen molar-refractivity contribution in [3.05, 3.63) is 71.4 Å². The number of hydrogen-bond donors (Lipinski definition) is 1. The van der Waals surface area contributed by atoms with Crippen LogP contribution in [0.4, 0.5) is 5.95 Å². The molecule has 0 radical (unpaired) electrons. The van der Waals surface area contributed by atoms with E-state index in [2.05, 4.69) is 14.8 Å². The van der Waals surface area contributed by atoms with E-state index in [9.17, 15) is 9.59 Å². The number of hydrogen-bond acceptors (Lipinski definition) is 8. The van der Waals surface area contributed by atoms with E-state index in [4.69, 9.17) is 15.5 Å². The van der Waals surface area contributed by atoms with Gasteiger partial charge in [0, 0.05) is 48.7 Å². The lowest BCUT2D eigenvalue weighted by Gasteiger charge is -2.34. The molecule has 1 aliphatic heterocycles. The third-order valence-electron chi connectivity index (χ3n) is 6.41. The minimum atomic E-state index is -0.460. The predicted molar refractivity (Wildman–Crippen MR) is 139 cm³/mol. The molecule has 2 aromatic carbocycles. The number of carbonyl (C=O) groups is 2. The lowest BCUT2D eigenvalue weighted by atomic mass is 10.1. The van der Waals surface area contributed by atoms with Gasteiger partial charge in [0.25, 0.3) is 0 Å². The average Bonchev–Trinajstić information content (AvgIpc) is 3.73. The molecule has 2 aliphatic rings. The van der Waals surface area contributed by atoms with Crippen LogP contribution in [0, 0.1) is 5.92 Å². The first kappa shape index (κ1) is 24.3. The Morgan fingerprint density at radius 1 is 1.11 bits per heavy atom. The summed E-state index contributed by atoms with van der Waals surface area (Å²) in [5.74, 6) is 1.57. The van der Waals surface area contributed by atoms with Gasteiger partial charge in [-0.3, -0.25) is 14.5 Å². The zero-order valence-corrected chi connectivity index (χ0v) is 20.8. The Labute approximate surface area is 214 Å². The lowest BCUT2D eigenvalue weighted by Crippen LogP contribution is -2.47. The van der Waals surface area contributed by atoms with Gasteiger partial charge < -0.3 is 15.4 Å².